The van der Waals surface area contributed by atoms with Gasteiger partial charge in [0, 0.05) is 16.5 Å². The van der Waals surface area contributed by atoms with E-state index in [2.05, 4.69) is 52.9 Å². The van der Waals surface area contributed by atoms with Gasteiger partial charge in [0.15, 0.2) is 5.60 Å². The fourth-order valence-electron chi connectivity index (χ4n) is 6.23. The van der Waals surface area contributed by atoms with E-state index in [1.165, 1.54) is 0 Å². The van der Waals surface area contributed by atoms with Crippen LogP contribution in [0.1, 0.15) is 44.1 Å². The van der Waals surface area contributed by atoms with Crippen molar-refractivity contribution in [2.45, 2.75) is 59.7 Å². The first-order valence-electron chi connectivity index (χ1n) is 10.2. The standard InChI is InChI=1S/C22H23I2NO4/c23-16-6-4-13(5-7-16)11-15-12-14-3-1-2-10-25-17(26)8-9-21(14,25)22(15)19(27)18(24)20(28)29-22/h4-7,11,14,18-19,27H,1-3,8-10,12H2/b15-11+. The third-order valence-electron chi connectivity index (χ3n) is 7.34. The maximum atomic E-state index is 12.9. The van der Waals surface area contributed by atoms with Crippen LogP contribution >= 0.6 is 45.2 Å². The molecule has 1 aromatic rings. The summed E-state index contributed by atoms with van der Waals surface area (Å²) in [5.41, 5.74) is 0.235. The second-order valence-corrected chi connectivity index (χ2v) is 11.2. The maximum Gasteiger partial charge on any atom is 0.322 e. The molecule has 5 nitrogen and oxygen atoms in total. The van der Waals surface area contributed by atoms with Crippen LogP contribution in [0.3, 0.4) is 0 Å². The Kier molecular flexibility index (Phi) is 5.01. The lowest BCUT2D eigenvalue weighted by Gasteiger charge is -2.49. The molecule has 4 aliphatic rings. The summed E-state index contributed by atoms with van der Waals surface area (Å²) in [6, 6.07) is 8.20. The average molecular weight is 619 g/mol. The van der Waals surface area contributed by atoms with Gasteiger partial charge in [-0.2, -0.15) is 0 Å². The number of aliphatic hydroxyl groups is 1. The van der Waals surface area contributed by atoms with Gasteiger partial charge in [-0.1, -0.05) is 47.2 Å². The molecule has 0 radical (unpaired) electrons. The van der Waals surface area contributed by atoms with E-state index in [0.29, 0.717) is 19.4 Å². The Bertz CT molecular complexity index is 901. The molecule has 1 aliphatic carbocycles. The summed E-state index contributed by atoms with van der Waals surface area (Å²) in [5.74, 6) is -0.0344. The molecular formula is C22H23I2NO4. The summed E-state index contributed by atoms with van der Waals surface area (Å²) < 4.78 is 6.69. The van der Waals surface area contributed by atoms with E-state index in [9.17, 15) is 14.7 Å². The number of carbonyl (C=O) groups excluding carboxylic acids is 2. The van der Waals surface area contributed by atoms with Crippen LogP contribution in [0.2, 0.25) is 0 Å². The zero-order chi connectivity index (χ0) is 20.4. The molecule has 29 heavy (non-hydrogen) atoms. The number of alkyl halides is 1. The zero-order valence-electron chi connectivity index (χ0n) is 15.9. The summed E-state index contributed by atoms with van der Waals surface area (Å²) in [6.45, 7) is 0.685. The number of hydrogen-bond donors (Lipinski definition) is 1. The van der Waals surface area contributed by atoms with E-state index in [1.807, 2.05) is 27.5 Å². The summed E-state index contributed by atoms with van der Waals surface area (Å²) >= 11 is 4.28. The third kappa shape index (κ3) is 2.71. The monoisotopic (exact) mass is 619 g/mol. The first kappa shape index (κ1) is 20.2. The van der Waals surface area contributed by atoms with E-state index >= 15 is 0 Å². The number of nitrogens with zero attached hydrogens (tertiary/aromatic N) is 1. The van der Waals surface area contributed by atoms with Crippen LogP contribution in [-0.4, -0.2) is 49.6 Å². The highest BCUT2D eigenvalue weighted by molar-refractivity contribution is 14.1. The average Bonchev–Trinajstić information content (AvgIpc) is 3.18. The van der Waals surface area contributed by atoms with Crippen LogP contribution in [0.4, 0.5) is 0 Å². The van der Waals surface area contributed by atoms with E-state index < -0.39 is 21.2 Å². The number of amides is 1. The molecule has 5 atom stereocenters. The minimum absolute atomic E-state index is 0.131. The Balaban J connectivity index is 1.72. The Hall–Kier alpha value is -0.680. The van der Waals surface area contributed by atoms with E-state index in [4.69, 9.17) is 4.74 Å². The molecule has 4 fully saturated rings. The van der Waals surface area contributed by atoms with Gasteiger partial charge >= 0.3 is 5.97 Å². The van der Waals surface area contributed by atoms with Crippen LogP contribution in [0.15, 0.2) is 29.8 Å². The van der Waals surface area contributed by atoms with Gasteiger partial charge in [0.1, 0.15) is 10.0 Å². The second-order valence-electron chi connectivity index (χ2n) is 8.59. The van der Waals surface area contributed by atoms with Gasteiger partial charge in [0.05, 0.1) is 5.54 Å². The van der Waals surface area contributed by atoms with Gasteiger partial charge in [0.2, 0.25) is 5.91 Å². The normalized spacial score (nSPS) is 40.3. The highest BCUT2D eigenvalue weighted by Crippen LogP contribution is 2.63. The second kappa shape index (κ2) is 7.19. The van der Waals surface area contributed by atoms with Crippen molar-refractivity contribution in [3.8, 4) is 0 Å². The Morgan fingerprint density at radius 3 is 2.66 bits per heavy atom. The number of aliphatic hydroxyl groups excluding tert-OH is 1. The number of halogens is 2. The Labute approximate surface area is 197 Å². The summed E-state index contributed by atoms with van der Waals surface area (Å²) in [5, 5.41) is 11.4. The molecule has 154 valence electrons. The molecule has 2 spiro atoms. The number of esters is 1. The van der Waals surface area contributed by atoms with Crippen molar-refractivity contribution in [3.05, 3.63) is 39.0 Å². The van der Waals surface area contributed by atoms with Gasteiger partial charge in [-0.25, -0.2) is 0 Å². The maximum absolute atomic E-state index is 12.9. The molecule has 1 saturated carbocycles. The minimum atomic E-state index is -1.14. The predicted octanol–water partition coefficient (Wildman–Crippen LogP) is 3.70. The van der Waals surface area contributed by atoms with Crippen LogP contribution in [-0.2, 0) is 14.3 Å². The highest BCUT2D eigenvalue weighted by atomic mass is 127. The molecule has 3 aliphatic heterocycles. The number of rotatable bonds is 1. The molecule has 1 aromatic carbocycles. The molecule has 7 heteroatoms. The summed E-state index contributed by atoms with van der Waals surface area (Å²) in [4.78, 5) is 27.6. The molecule has 1 N–H and O–H groups in total. The van der Waals surface area contributed by atoms with Crippen molar-refractivity contribution in [1.29, 1.82) is 0 Å². The topological polar surface area (TPSA) is 66.8 Å². The summed E-state index contributed by atoms with van der Waals surface area (Å²) in [7, 11) is 0. The molecule has 0 bridgehead atoms. The largest absolute Gasteiger partial charge is 0.448 e. The molecule has 0 aromatic heterocycles. The molecule has 1 amide bonds. The minimum Gasteiger partial charge on any atom is -0.448 e. The highest BCUT2D eigenvalue weighted by Gasteiger charge is 2.76. The van der Waals surface area contributed by atoms with E-state index in [-0.39, 0.29) is 17.8 Å². The lowest BCUT2D eigenvalue weighted by molar-refractivity contribution is -0.167. The fraction of sp³-hybridized carbons (Fsp3) is 0.545. The van der Waals surface area contributed by atoms with Gasteiger partial charge in [-0.05, 0) is 77.5 Å². The van der Waals surface area contributed by atoms with Gasteiger partial charge in [0.25, 0.3) is 0 Å². The molecular weight excluding hydrogens is 596 g/mol. The molecule has 3 saturated heterocycles. The fourth-order valence-corrected chi connectivity index (χ4v) is 7.22. The van der Waals surface area contributed by atoms with Gasteiger partial charge in [-0.15, -0.1) is 0 Å². The first-order valence-corrected chi connectivity index (χ1v) is 12.5. The number of hydrogen-bond acceptors (Lipinski definition) is 4. The van der Waals surface area contributed by atoms with Crippen molar-refractivity contribution < 1.29 is 19.4 Å². The quantitative estimate of drug-likeness (QED) is 0.296. The lowest BCUT2D eigenvalue weighted by Crippen LogP contribution is -2.66. The lowest BCUT2D eigenvalue weighted by atomic mass is 9.70. The van der Waals surface area contributed by atoms with Crippen molar-refractivity contribution in [1.82, 2.24) is 4.90 Å². The number of ether oxygens (including phenoxy) is 1. The van der Waals surface area contributed by atoms with Crippen molar-refractivity contribution in [3.63, 3.8) is 0 Å². The van der Waals surface area contributed by atoms with Crippen LogP contribution in [0.5, 0.6) is 0 Å². The SMILES string of the molecule is O=C1OC2(/C(=C/c3ccc(I)cc3)CC3CCCCN4C(=O)CCC342)C(O)C1I. The van der Waals surface area contributed by atoms with Crippen molar-refractivity contribution >= 4 is 63.1 Å². The van der Waals surface area contributed by atoms with Crippen LogP contribution < -0.4 is 0 Å². The predicted molar refractivity (Wildman–Crippen MR) is 125 cm³/mol. The van der Waals surface area contributed by atoms with E-state index in [1.54, 1.807) is 0 Å². The first-order chi connectivity index (χ1) is 13.9. The smallest absolute Gasteiger partial charge is 0.322 e. The number of carbonyl (C=O) groups is 2. The van der Waals surface area contributed by atoms with E-state index in [0.717, 1.165) is 40.4 Å². The molecule has 3 heterocycles. The Morgan fingerprint density at radius 2 is 1.97 bits per heavy atom. The molecule has 5 unspecified atom stereocenters. The zero-order valence-corrected chi connectivity index (χ0v) is 20.3. The van der Waals surface area contributed by atoms with Crippen molar-refractivity contribution in [2.24, 2.45) is 5.92 Å². The van der Waals surface area contributed by atoms with Crippen molar-refractivity contribution in [2.75, 3.05) is 6.54 Å². The van der Waals surface area contributed by atoms with Crippen LogP contribution in [0, 0.1) is 9.49 Å². The Morgan fingerprint density at radius 1 is 1.21 bits per heavy atom. The third-order valence-corrected chi connectivity index (χ3v) is 9.25. The molecule has 5 rings (SSSR count). The van der Waals surface area contributed by atoms with Gasteiger partial charge in [-0.3, -0.25) is 9.59 Å². The van der Waals surface area contributed by atoms with Gasteiger partial charge < -0.3 is 14.7 Å². The summed E-state index contributed by atoms with van der Waals surface area (Å²) in [6.07, 6.45) is 6.01. The number of benzene rings is 1. The van der Waals surface area contributed by atoms with Crippen LogP contribution in [0.25, 0.3) is 6.08 Å².